The predicted molar refractivity (Wildman–Crippen MR) is 91.5 cm³/mol. The van der Waals surface area contributed by atoms with Crippen molar-refractivity contribution in [1.29, 1.82) is 0 Å². The van der Waals surface area contributed by atoms with Crippen molar-refractivity contribution >= 4 is 23.4 Å². The Balaban J connectivity index is 1.54. The molecule has 0 N–H and O–H groups in total. The molecule has 130 valence electrons. The molecule has 25 heavy (non-hydrogen) atoms. The summed E-state index contributed by atoms with van der Waals surface area (Å²) in [6.45, 7) is 0.602. The van der Waals surface area contributed by atoms with Crippen molar-refractivity contribution in [2.75, 3.05) is 6.79 Å². The van der Waals surface area contributed by atoms with E-state index in [-0.39, 0.29) is 32.0 Å². The quantitative estimate of drug-likeness (QED) is 0.577. The van der Waals surface area contributed by atoms with Gasteiger partial charge in [-0.1, -0.05) is 41.9 Å². The number of benzene rings is 2. The maximum absolute atomic E-state index is 12.0. The molecule has 0 radical (unpaired) electrons. The lowest BCUT2D eigenvalue weighted by molar-refractivity contribution is -0.145. The van der Waals surface area contributed by atoms with Crippen LogP contribution < -0.4 is 4.74 Å². The van der Waals surface area contributed by atoms with Gasteiger partial charge in [-0.25, -0.2) is 0 Å². The molecule has 2 aromatic rings. The van der Waals surface area contributed by atoms with Crippen molar-refractivity contribution in [2.45, 2.75) is 26.1 Å². The predicted octanol–water partition coefficient (Wildman–Crippen LogP) is 3.91. The third-order valence-electron chi connectivity index (χ3n) is 3.79. The number of halogens is 1. The number of rotatable bonds is 6. The number of hydrogen-bond acceptors (Lipinski definition) is 5. The minimum absolute atomic E-state index is 0.0282. The van der Waals surface area contributed by atoms with E-state index < -0.39 is 5.97 Å². The summed E-state index contributed by atoms with van der Waals surface area (Å²) in [6.07, 6.45) is 0.140. The molecule has 5 nitrogen and oxygen atoms in total. The van der Waals surface area contributed by atoms with Gasteiger partial charge in [0, 0.05) is 28.1 Å². The summed E-state index contributed by atoms with van der Waals surface area (Å²) >= 11 is 6.07. The van der Waals surface area contributed by atoms with Gasteiger partial charge in [0.25, 0.3) is 0 Å². The first-order valence-corrected chi connectivity index (χ1v) is 8.27. The molecule has 6 heteroatoms. The first kappa shape index (κ1) is 17.5. The first-order chi connectivity index (χ1) is 12.1. The Morgan fingerprint density at radius 1 is 1.12 bits per heavy atom. The largest absolute Gasteiger partial charge is 0.467 e. The number of carbonyl (C=O) groups excluding carboxylic acids is 2. The van der Waals surface area contributed by atoms with Gasteiger partial charge in [-0.3, -0.25) is 9.59 Å². The van der Waals surface area contributed by atoms with Crippen LogP contribution in [0, 0.1) is 0 Å². The van der Waals surface area contributed by atoms with Crippen LogP contribution in [-0.4, -0.2) is 18.5 Å². The summed E-state index contributed by atoms with van der Waals surface area (Å²) in [6, 6.07) is 12.3. The van der Waals surface area contributed by atoms with Crippen LogP contribution >= 0.6 is 11.6 Å². The van der Waals surface area contributed by atoms with Crippen molar-refractivity contribution in [2.24, 2.45) is 0 Å². The summed E-state index contributed by atoms with van der Waals surface area (Å²) in [5.74, 6) is 0.118. The molecule has 3 rings (SSSR count). The smallest absolute Gasteiger partial charge is 0.306 e. The molecule has 0 aromatic heterocycles. The number of esters is 1. The fraction of sp³-hybridized carbons (Fsp3) is 0.263. The zero-order chi connectivity index (χ0) is 17.6. The number of fused-ring (bicyclic) bond motifs is 1. The topological polar surface area (TPSA) is 61.8 Å². The average Bonchev–Trinajstić information content (AvgIpc) is 2.64. The minimum atomic E-state index is -0.440. The van der Waals surface area contributed by atoms with Gasteiger partial charge in [0.05, 0.1) is 13.0 Å². The normalized spacial score (nSPS) is 12.8. The molecular formula is C19H17ClO5. The molecule has 0 unspecified atom stereocenters. The Kier molecular flexibility index (Phi) is 5.68. The van der Waals surface area contributed by atoms with Gasteiger partial charge < -0.3 is 14.2 Å². The zero-order valence-electron chi connectivity index (χ0n) is 13.5. The Bertz CT molecular complexity index is 773. The van der Waals surface area contributed by atoms with Crippen LogP contribution in [0.25, 0.3) is 0 Å². The van der Waals surface area contributed by atoms with Crippen molar-refractivity contribution in [3.05, 3.63) is 64.2 Å². The summed E-state index contributed by atoms with van der Waals surface area (Å²) in [5.41, 5.74) is 2.10. The molecule has 0 amide bonds. The molecule has 0 saturated heterocycles. The lowest BCUT2D eigenvalue weighted by atomic mass is 10.1. The van der Waals surface area contributed by atoms with E-state index in [0.717, 1.165) is 5.56 Å². The highest BCUT2D eigenvalue weighted by Crippen LogP contribution is 2.32. The molecule has 0 bridgehead atoms. The Labute approximate surface area is 150 Å². The van der Waals surface area contributed by atoms with Gasteiger partial charge in [-0.05, 0) is 12.1 Å². The molecule has 1 aliphatic heterocycles. The third kappa shape index (κ3) is 4.59. The SMILES string of the molecule is O=C(CCC(=O)c1ccccc1)OCc1cc(Cl)cc2c1OCOC2. The fourth-order valence-corrected chi connectivity index (χ4v) is 2.84. The number of ether oxygens (including phenoxy) is 3. The third-order valence-corrected chi connectivity index (χ3v) is 4.01. The molecular weight excluding hydrogens is 344 g/mol. The van der Waals surface area contributed by atoms with Crippen molar-refractivity contribution in [3.8, 4) is 5.75 Å². The number of Topliss-reactive ketones (excluding diaryl/α,β-unsaturated/α-hetero) is 1. The van der Waals surface area contributed by atoms with E-state index in [4.69, 9.17) is 25.8 Å². The number of ketones is 1. The van der Waals surface area contributed by atoms with E-state index in [9.17, 15) is 9.59 Å². The monoisotopic (exact) mass is 360 g/mol. The number of hydrogen-bond donors (Lipinski definition) is 0. The van der Waals surface area contributed by atoms with E-state index in [1.165, 1.54) is 0 Å². The van der Waals surface area contributed by atoms with Crippen LogP contribution in [0.4, 0.5) is 0 Å². The highest BCUT2D eigenvalue weighted by atomic mass is 35.5. The minimum Gasteiger partial charge on any atom is -0.467 e. The Hall–Kier alpha value is -2.37. The molecule has 0 aliphatic carbocycles. The van der Waals surface area contributed by atoms with Crippen LogP contribution in [-0.2, 0) is 27.5 Å². The van der Waals surface area contributed by atoms with Crippen LogP contribution in [0.2, 0.25) is 5.02 Å². The van der Waals surface area contributed by atoms with Crippen molar-refractivity contribution in [3.63, 3.8) is 0 Å². The van der Waals surface area contributed by atoms with Crippen LogP contribution in [0.3, 0.4) is 0 Å². The fourth-order valence-electron chi connectivity index (χ4n) is 2.58. The van der Waals surface area contributed by atoms with Gasteiger partial charge in [0.1, 0.15) is 12.4 Å². The molecule has 2 aromatic carbocycles. The lowest BCUT2D eigenvalue weighted by Gasteiger charge is -2.21. The van der Waals surface area contributed by atoms with Gasteiger partial charge >= 0.3 is 5.97 Å². The average molecular weight is 361 g/mol. The first-order valence-electron chi connectivity index (χ1n) is 7.89. The van der Waals surface area contributed by atoms with Gasteiger partial charge in [0.15, 0.2) is 12.6 Å². The van der Waals surface area contributed by atoms with E-state index in [1.807, 2.05) is 6.07 Å². The van der Waals surface area contributed by atoms with E-state index >= 15 is 0 Å². The summed E-state index contributed by atoms with van der Waals surface area (Å²) in [7, 11) is 0. The zero-order valence-corrected chi connectivity index (χ0v) is 14.3. The van der Waals surface area contributed by atoms with E-state index in [1.54, 1.807) is 36.4 Å². The van der Waals surface area contributed by atoms with Gasteiger partial charge in [-0.2, -0.15) is 0 Å². The van der Waals surface area contributed by atoms with Crippen molar-refractivity contribution < 1.29 is 23.8 Å². The standard InChI is InChI=1S/C19H17ClO5/c20-16-8-14-10-23-12-25-19(14)15(9-16)11-24-18(22)7-6-17(21)13-4-2-1-3-5-13/h1-5,8-9H,6-7,10-12H2. The summed E-state index contributed by atoms with van der Waals surface area (Å²) in [4.78, 5) is 23.9. The van der Waals surface area contributed by atoms with Gasteiger partial charge in [-0.15, -0.1) is 0 Å². The molecule has 0 spiro atoms. The molecule has 1 heterocycles. The summed E-state index contributed by atoms with van der Waals surface area (Å²) < 4.78 is 15.9. The highest BCUT2D eigenvalue weighted by molar-refractivity contribution is 6.30. The van der Waals surface area contributed by atoms with Crippen LogP contribution in [0.5, 0.6) is 5.75 Å². The second kappa shape index (κ2) is 8.14. The second-order valence-corrected chi connectivity index (χ2v) is 6.05. The maximum Gasteiger partial charge on any atom is 0.306 e. The molecule has 0 saturated carbocycles. The maximum atomic E-state index is 12.0. The molecule has 0 fully saturated rings. The van der Waals surface area contributed by atoms with Crippen LogP contribution in [0.15, 0.2) is 42.5 Å². The lowest BCUT2D eigenvalue weighted by Crippen LogP contribution is -2.14. The highest BCUT2D eigenvalue weighted by Gasteiger charge is 2.18. The van der Waals surface area contributed by atoms with E-state index in [0.29, 0.717) is 28.5 Å². The van der Waals surface area contributed by atoms with Crippen molar-refractivity contribution in [1.82, 2.24) is 0 Å². The molecule has 0 atom stereocenters. The Morgan fingerprint density at radius 2 is 1.92 bits per heavy atom. The van der Waals surface area contributed by atoms with E-state index in [2.05, 4.69) is 0 Å². The summed E-state index contributed by atoms with van der Waals surface area (Å²) in [5, 5.41) is 0.526. The van der Waals surface area contributed by atoms with Gasteiger partial charge in [0.2, 0.25) is 0 Å². The number of carbonyl (C=O) groups is 2. The second-order valence-electron chi connectivity index (χ2n) is 5.61. The molecule has 1 aliphatic rings. The Morgan fingerprint density at radius 3 is 2.72 bits per heavy atom. The van der Waals surface area contributed by atoms with Crippen LogP contribution in [0.1, 0.15) is 34.3 Å².